The summed E-state index contributed by atoms with van der Waals surface area (Å²) < 4.78 is 10.7. The molecule has 7 nitrogen and oxygen atoms in total. The Bertz CT molecular complexity index is 904. The van der Waals surface area contributed by atoms with Crippen LogP contribution in [0.3, 0.4) is 0 Å². The van der Waals surface area contributed by atoms with E-state index in [1.165, 1.54) is 17.4 Å². The molecule has 0 saturated heterocycles. The van der Waals surface area contributed by atoms with Gasteiger partial charge in [0, 0.05) is 25.3 Å². The van der Waals surface area contributed by atoms with Gasteiger partial charge in [-0.2, -0.15) is 0 Å². The fourth-order valence-electron chi connectivity index (χ4n) is 3.77. The third kappa shape index (κ3) is 3.66. The number of carbonyl (C=O) groups excluding carboxylic acids is 2. The number of nitrogens with zero attached hydrogens (tertiary/aromatic N) is 1. The summed E-state index contributed by atoms with van der Waals surface area (Å²) in [5.74, 6) is 0.0446. The summed E-state index contributed by atoms with van der Waals surface area (Å²) in [5.41, 5.74) is 3.56. The number of nitrogens with one attached hydrogen (secondary N) is 2. The second-order valence-corrected chi connectivity index (χ2v) is 6.89. The highest BCUT2D eigenvalue weighted by molar-refractivity contribution is 5.95. The standard InChI is InChI=1S/C21H23N3O4/c1-2-27-20(25)18-16(22-21(26)23-19(18)17-8-5-11-28-17)13-24-10-9-14-6-3-4-7-15(14)12-24/h3-8,11,19H,2,9-10,12-13H2,1H3,(H2,22,23,26)/t19-/m1/s1. The molecular formula is C21H23N3O4. The van der Waals surface area contributed by atoms with Crippen molar-refractivity contribution in [2.75, 3.05) is 19.7 Å². The summed E-state index contributed by atoms with van der Waals surface area (Å²) in [6.45, 7) is 4.09. The molecule has 0 bridgehead atoms. The Labute approximate surface area is 163 Å². The van der Waals surface area contributed by atoms with Crippen LogP contribution in [0, 0.1) is 0 Å². The van der Waals surface area contributed by atoms with E-state index < -0.39 is 12.0 Å². The van der Waals surface area contributed by atoms with Crippen molar-refractivity contribution in [2.24, 2.45) is 0 Å². The molecule has 2 aliphatic heterocycles. The Morgan fingerprint density at radius 3 is 2.82 bits per heavy atom. The van der Waals surface area contributed by atoms with Gasteiger partial charge in [0.05, 0.1) is 18.4 Å². The van der Waals surface area contributed by atoms with E-state index in [4.69, 9.17) is 9.15 Å². The number of amides is 2. The van der Waals surface area contributed by atoms with Crippen molar-refractivity contribution in [2.45, 2.75) is 25.9 Å². The fourth-order valence-corrected chi connectivity index (χ4v) is 3.77. The lowest BCUT2D eigenvalue weighted by atomic mass is 9.97. The number of esters is 1. The van der Waals surface area contributed by atoms with E-state index in [0.717, 1.165) is 19.5 Å². The van der Waals surface area contributed by atoms with Gasteiger partial charge in [-0.15, -0.1) is 0 Å². The highest BCUT2D eigenvalue weighted by Crippen LogP contribution is 2.29. The van der Waals surface area contributed by atoms with Gasteiger partial charge in [0.15, 0.2) is 0 Å². The van der Waals surface area contributed by atoms with Gasteiger partial charge >= 0.3 is 12.0 Å². The summed E-state index contributed by atoms with van der Waals surface area (Å²) in [7, 11) is 0. The Morgan fingerprint density at radius 1 is 1.25 bits per heavy atom. The van der Waals surface area contributed by atoms with Gasteiger partial charge < -0.3 is 19.8 Å². The highest BCUT2D eigenvalue weighted by atomic mass is 16.5. The molecule has 0 spiro atoms. The van der Waals surface area contributed by atoms with Gasteiger partial charge in [0.2, 0.25) is 0 Å². The van der Waals surface area contributed by atoms with Crippen molar-refractivity contribution in [3.63, 3.8) is 0 Å². The molecule has 0 aliphatic carbocycles. The molecule has 3 heterocycles. The Morgan fingerprint density at radius 2 is 2.07 bits per heavy atom. The van der Waals surface area contributed by atoms with Gasteiger partial charge in [-0.25, -0.2) is 9.59 Å². The van der Waals surface area contributed by atoms with Gasteiger partial charge in [0.25, 0.3) is 0 Å². The number of rotatable bonds is 5. The van der Waals surface area contributed by atoms with Crippen molar-refractivity contribution >= 4 is 12.0 Å². The zero-order chi connectivity index (χ0) is 19.5. The summed E-state index contributed by atoms with van der Waals surface area (Å²) in [5, 5.41) is 5.58. The fraction of sp³-hybridized carbons (Fsp3) is 0.333. The zero-order valence-corrected chi connectivity index (χ0v) is 15.7. The molecule has 7 heteroatoms. The SMILES string of the molecule is CCOC(=O)C1=C(CN2CCc3ccccc3C2)NC(=O)N[C@@H]1c1ccco1. The number of hydrogen-bond donors (Lipinski definition) is 2. The summed E-state index contributed by atoms with van der Waals surface area (Å²) in [6, 6.07) is 10.8. The molecule has 0 unspecified atom stereocenters. The first-order chi connectivity index (χ1) is 13.7. The number of hydrogen-bond acceptors (Lipinski definition) is 5. The molecule has 0 radical (unpaired) electrons. The molecule has 1 atom stereocenters. The maximum absolute atomic E-state index is 12.7. The zero-order valence-electron chi connectivity index (χ0n) is 15.7. The highest BCUT2D eigenvalue weighted by Gasteiger charge is 2.36. The van der Waals surface area contributed by atoms with Gasteiger partial charge in [0.1, 0.15) is 11.8 Å². The minimum absolute atomic E-state index is 0.255. The third-order valence-corrected chi connectivity index (χ3v) is 5.07. The number of fused-ring (bicyclic) bond motifs is 1. The van der Waals surface area contributed by atoms with Crippen LogP contribution in [-0.2, 0) is 22.5 Å². The van der Waals surface area contributed by atoms with Crippen molar-refractivity contribution in [3.05, 3.63) is 70.8 Å². The first-order valence-corrected chi connectivity index (χ1v) is 9.46. The second-order valence-electron chi connectivity index (χ2n) is 6.89. The minimum Gasteiger partial charge on any atom is -0.467 e. The predicted octanol–water partition coefficient (Wildman–Crippen LogP) is 2.51. The molecule has 0 fully saturated rings. The lowest BCUT2D eigenvalue weighted by Gasteiger charge is -2.33. The maximum atomic E-state index is 12.7. The topological polar surface area (TPSA) is 83.8 Å². The molecule has 0 saturated carbocycles. The van der Waals surface area contributed by atoms with Crippen LogP contribution in [-0.4, -0.2) is 36.6 Å². The number of benzene rings is 1. The van der Waals surface area contributed by atoms with E-state index in [1.54, 1.807) is 19.1 Å². The molecule has 4 rings (SSSR count). The van der Waals surface area contributed by atoms with E-state index in [1.807, 2.05) is 6.07 Å². The Kier molecular flexibility index (Phi) is 5.16. The molecule has 2 aliphatic rings. The number of urea groups is 1. The van der Waals surface area contributed by atoms with Crippen LogP contribution in [0.25, 0.3) is 0 Å². The van der Waals surface area contributed by atoms with Gasteiger partial charge in [-0.1, -0.05) is 24.3 Å². The van der Waals surface area contributed by atoms with Crippen LogP contribution in [0.1, 0.15) is 29.9 Å². The van der Waals surface area contributed by atoms with E-state index >= 15 is 0 Å². The van der Waals surface area contributed by atoms with Crippen molar-refractivity contribution in [1.82, 2.24) is 15.5 Å². The molecule has 2 N–H and O–H groups in total. The largest absolute Gasteiger partial charge is 0.467 e. The van der Waals surface area contributed by atoms with Crippen molar-refractivity contribution in [1.29, 1.82) is 0 Å². The molecule has 1 aromatic carbocycles. The molecule has 146 valence electrons. The molecular weight excluding hydrogens is 358 g/mol. The van der Waals surface area contributed by atoms with Crippen LogP contribution in [0.4, 0.5) is 4.79 Å². The lowest BCUT2D eigenvalue weighted by molar-refractivity contribution is -0.139. The van der Waals surface area contributed by atoms with E-state index in [-0.39, 0.29) is 12.6 Å². The normalized spacial score (nSPS) is 19.6. The summed E-state index contributed by atoms with van der Waals surface area (Å²) in [6.07, 6.45) is 2.46. The molecule has 1 aromatic heterocycles. The number of furan rings is 1. The predicted molar refractivity (Wildman–Crippen MR) is 102 cm³/mol. The van der Waals surface area contributed by atoms with Gasteiger partial charge in [-0.3, -0.25) is 4.90 Å². The monoisotopic (exact) mass is 381 g/mol. The lowest BCUT2D eigenvalue weighted by Crippen LogP contribution is -2.48. The molecule has 2 aromatic rings. The minimum atomic E-state index is -0.671. The van der Waals surface area contributed by atoms with Crippen LogP contribution >= 0.6 is 0 Å². The summed E-state index contributed by atoms with van der Waals surface area (Å²) >= 11 is 0. The smallest absolute Gasteiger partial charge is 0.338 e. The Balaban J connectivity index is 1.65. The Hall–Kier alpha value is -3.06. The first kappa shape index (κ1) is 18.3. The molecule has 28 heavy (non-hydrogen) atoms. The quantitative estimate of drug-likeness (QED) is 0.778. The maximum Gasteiger partial charge on any atom is 0.338 e. The van der Waals surface area contributed by atoms with Crippen LogP contribution < -0.4 is 10.6 Å². The first-order valence-electron chi connectivity index (χ1n) is 9.46. The van der Waals surface area contributed by atoms with Crippen molar-refractivity contribution < 1.29 is 18.7 Å². The van der Waals surface area contributed by atoms with E-state index in [9.17, 15) is 9.59 Å². The average Bonchev–Trinajstić information content (AvgIpc) is 3.22. The summed E-state index contributed by atoms with van der Waals surface area (Å²) in [4.78, 5) is 27.2. The third-order valence-electron chi connectivity index (χ3n) is 5.07. The van der Waals surface area contributed by atoms with Gasteiger partial charge in [-0.05, 0) is 36.6 Å². The number of carbonyl (C=O) groups is 2. The second kappa shape index (κ2) is 7.90. The average molecular weight is 381 g/mol. The van der Waals surface area contributed by atoms with E-state index in [2.05, 4.69) is 33.7 Å². The van der Waals surface area contributed by atoms with Crippen LogP contribution in [0.15, 0.2) is 58.3 Å². The van der Waals surface area contributed by atoms with Crippen LogP contribution in [0.5, 0.6) is 0 Å². The van der Waals surface area contributed by atoms with Crippen LogP contribution in [0.2, 0.25) is 0 Å². The number of ether oxygens (including phenoxy) is 1. The van der Waals surface area contributed by atoms with Crippen molar-refractivity contribution in [3.8, 4) is 0 Å². The van der Waals surface area contributed by atoms with E-state index in [0.29, 0.717) is 23.6 Å². The molecule has 2 amide bonds.